The molecule has 0 aliphatic rings. The molecule has 80 valence electrons. The van der Waals surface area contributed by atoms with E-state index < -0.39 is 0 Å². The highest BCUT2D eigenvalue weighted by atomic mass is 79.9. The lowest BCUT2D eigenvalue weighted by Crippen LogP contribution is -2.05. The topological polar surface area (TPSA) is 37.8 Å². The van der Waals surface area contributed by atoms with E-state index in [9.17, 15) is 0 Å². The number of unbranched alkanes of at least 4 members (excludes halogenated alkanes) is 1. The van der Waals surface area contributed by atoms with Gasteiger partial charge in [0.2, 0.25) is 0 Å². The predicted molar refractivity (Wildman–Crippen MR) is 65.7 cm³/mol. The maximum Gasteiger partial charge on any atom is 0.131 e. The monoisotopic (exact) mass is 267 g/mol. The third-order valence-electron chi connectivity index (χ3n) is 1.86. The van der Waals surface area contributed by atoms with Crippen LogP contribution in [0.3, 0.4) is 0 Å². The molecule has 1 heterocycles. The number of terminal acetylenes is 1. The highest BCUT2D eigenvalue weighted by Gasteiger charge is 2.00. The Morgan fingerprint density at radius 3 is 3.00 bits per heavy atom. The van der Waals surface area contributed by atoms with Crippen molar-refractivity contribution in [3.8, 4) is 12.3 Å². The van der Waals surface area contributed by atoms with E-state index in [1.807, 2.05) is 13.0 Å². The van der Waals surface area contributed by atoms with Crippen LogP contribution in [0, 0.1) is 12.3 Å². The van der Waals surface area contributed by atoms with Gasteiger partial charge in [0.05, 0.1) is 0 Å². The molecule has 1 aromatic heterocycles. The van der Waals surface area contributed by atoms with E-state index in [1.165, 1.54) is 0 Å². The van der Waals surface area contributed by atoms with Gasteiger partial charge in [-0.15, -0.1) is 12.3 Å². The van der Waals surface area contributed by atoms with E-state index in [4.69, 9.17) is 6.42 Å². The van der Waals surface area contributed by atoms with Crippen molar-refractivity contribution in [3.05, 3.63) is 16.5 Å². The summed E-state index contributed by atoms with van der Waals surface area (Å²) in [6, 6.07) is 1.87. The van der Waals surface area contributed by atoms with Crippen LogP contribution in [0.4, 0.5) is 5.82 Å². The van der Waals surface area contributed by atoms with Crippen molar-refractivity contribution >= 4 is 21.7 Å². The number of anilines is 1. The number of rotatable bonds is 5. The maximum absolute atomic E-state index is 5.17. The molecule has 1 aromatic rings. The van der Waals surface area contributed by atoms with Crippen LogP contribution in [0.15, 0.2) is 10.7 Å². The molecule has 0 radical (unpaired) electrons. The first kappa shape index (κ1) is 12.0. The molecule has 0 aliphatic carbocycles. The lowest BCUT2D eigenvalue weighted by atomic mass is 10.3. The van der Waals surface area contributed by atoms with Crippen LogP contribution < -0.4 is 5.32 Å². The Morgan fingerprint density at radius 1 is 1.53 bits per heavy atom. The number of aryl methyl sites for hydroxylation is 1. The molecule has 15 heavy (non-hydrogen) atoms. The summed E-state index contributed by atoms with van der Waals surface area (Å²) in [6.45, 7) is 2.88. The number of nitrogens with one attached hydrogen (secondary N) is 1. The summed E-state index contributed by atoms with van der Waals surface area (Å²) < 4.78 is 0.814. The third-order valence-corrected chi connectivity index (χ3v) is 2.27. The van der Waals surface area contributed by atoms with Crippen LogP contribution in [0.5, 0.6) is 0 Å². The average Bonchev–Trinajstić information content (AvgIpc) is 2.23. The Morgan fingerprint density at radius 2 is 2.33 bits per heavy atom. The smallest absolute Gasteiger partial charge is 0.131 e. The molecular weight excluding hydrogens is 254 g/mol. The Labute approximate surface area is 98.8 Å². The summed E-state index contributed by atoms with van der Waals surface area (Å²) in [5, 5.41) is 3.22. The first-order valence-electron chi connectivity index (χ1n) is 4.97. The second-order valence-electron chi connectivity index (χ2n) is 3.08. The summed E-state index contributed by atoms with van der Waals surface area (Å²) in [5.74, 6) is 4.30. The molecule has 4 heteroatoms. The van der Waals surface area contributed by atoms with Crippen LogP contribution in [0.25, 0.3) is 0 Å². The average molecular weight is 268 g/mol. The van der Waals surface area contributed by atoms with Crippen molar-refractivity contribution < 1.29 is 0 Å². The van der Waals surface area contributed by atoms with Gasteiger partial charge in [0.1, 0.15) is 16.2 Å². The second kappa shape index (κ2) is 6.41. The summed E-state index contributed by atoms with van der Waals surface area (Å²) in [7, 11) is 0. The van der Waals surface area contributed by atoms with Gasteiger partial charge in [-0.2, -0.15) is 0 Å². The van der Waals surface area contributed by atoms with E-state index in [1.54, 1.807) is 0 Å². The lowest BCUT2D eigenvalue weighted by Gasteiger charge is -2.06. The van der Waals surface area contributed by atoms with Crippen molar-refractivity contribution in [2.24, 2.45) is 0 Å². The Balaban J connectivity index is 2.53. The van der Waals surface area contributed by atoms with Crippen LogP contribution in [0.2, 0.25) is 0 Å². The molecule has 3 nitrogen and oxygen atoms in total. The Hall–Kier alpha value is -1.08. The van der Waals surface area contributed by atoms with Crippen molar-refractivity contribution in [2.45, 2.75) is 26.2 Å². The van der Waals surface area contributed by atoms with E-state index in [2.05, 4.69) is 37.1 Å². The predicted octanol–water partition coefficient (Wildman–Crippen LogP) is 2.63. The van der Waals surface area contributed by atoms with Crippen LogP contribution in [0.1, 0.15) is 25.6 Å². The summed E-state index contributed by atoms with van der Waals surface area (Å²) in [5.41, 5.74) is 0. The molecule has 0 bridgehead atoms. The number of hydrogen-bond donors (Lipinski definition) is 1. The van der Waals surface area contributed by atoms with Crippen LogP contribution in [-0.2, 0) is 6.42 Å². The Kier molecular flexibility index (Phi) is 5.13. The van der Waals surface area contributed by atoms with Crippen LogP contribution in [-0.4, -0.2) is 16.5 Å². The third kappa shape index (κ3) is 4.30. The fourth-order valence-corrected chi connectivity index (χ4v) is 1.54. The number of halogens is 1. The van der Waals surface area contributed by atoms with Crippen molar-refractivity contribution in [1.82, 2.24) is 9.97 Å². The normalized spacial score (nSPS) is 9.67. The highest BCUT2D eigenvalue weighted by molar-refractivity contribution is 9.10. The zero-order valence-corrected chi connectivity index (χ0v) is 10.3. The van der Waals surface area contributed by atoms with Crippen LogP contribution >= 0.6 is 15.9 Å². The fourth-order valence-electron chi connectivity index (χ4n) is 1.12. The number of aromatic nitrogens is 2. The van der Waals surface area contributed by atoms with E-state index in [0.29, 0.717) is 0 Å². The molecule has 0 saturated carbocycles. The maximum atomic E-state index is 5.17. The van der Waals surface area contributed by atoms with Gasteiger partial charge in [0, 0.05) is 25.5 Å². The Bertz CT molecular complexity index is 357. The van der Waals surface area contributed by atoms with Gasteiger partial charge < -0.3 is 5.32 Å². The molecule has 0 amide bonds. The van der Waals surface area contributed by atoms with Crippen molar-refractivity contribution in [1.29, 1.82) is 0 Å². The zero-order valence-electron chi connectivity index (χ0n) is 8.76. The molecule has 1 rings (SSSR count). The largest absolute Gasteiger partial charge is 0.370 e. The molecule has 0 atom stereocenters. The van der Waals surface area contributed by atoms with Crippen molar-refractivity contribution in [2.75, 3.05) is 11.9 Å². The second-order valence-corrected chi connectivity index (χ2v) is 3.89. The first-order valence-corrected chi connectivity index (χ1v) is 5.76. The van der Waals surface area contributed by atoms with Gasteiger partial charge >= 0.3 is 0 Å². The van der Waals surface area contributed by atoms with E-state index in [0.717, 1.165) is 42.1 Å². The minimum atomic E-state index is 0.792. The molecule has 0 spiro atoms. The molecule has 0 unspecified atom stereocenters. The van der Waals surface area contributed by atoms with Gasteiger partial charge in [-0.1, -0.05) is 6.92 Å². The highest BCUT2D eigenvalue weighted by Crippen LogP contribution is 2.12. The molecule has 1 N–H and O–H groups in total. The standard InChI is InChI=1S/C11H14BrN3/c1-3-5-6-7-13-11-8-9(12)14-10(4-2)15-11/h1,8H,4-7H2,2H3,(H,13,14,15). The molecule has 0 fully saturated rings. The molecule has 0 aliphatic heterocycles. The molecular formula is C11H14BrN3. The summed E-state index contributed by atoms with van der Waals surface area (Å²) in [6.07, 6.45) is 7.75. The zero-order chi connectivity index (χ0) is 11.1. The minimum absolute atomic E-state index is 0.792. The van der Waals surface area contributed by atoms with Crippen molar-refractivity contribution in [3.63, 3.8) is 0 Å². The lowest BCUT2D eigenvalue weighted by molar-refractivity contribution is 0.881. The fraction of sp³-hybridized carbons (Fsp3) is 0.455. The summed E-state index contributed by atoms with van der Waals surface area (Å²) >= 11 is 3.35. The number of nitrogens with zero attached hydrogens (tertiary/aromatic N) is 2. The van der Waals surface area contributed by atoms with E-state index >= 15 is 0 Å². The number of hydrogen-bond acceptors (Lipinski definition) is 3. The molecule has 0 aromatic carbocycles. The minimum Gasteiger partial charge on any atom is -0.370 e. The van der Waals surface area contributed by atoms with E-state index in [-0.39, 0.29) is 0 Å². The SMILES string of the molecule is C#CCCCNc1cc(Br)nc(CC)n1. The van der Waals surface area contributed by atoms with Gasteiger partial charge in [-0.25, -0.2) is 9.97 Å². The molecule has 0 saturated heterocycles. The van der Waals surface area contributed by atoms with Gasteiger partial charge in [0.15, 0.2) is 0 Å². The summed E-state index contributed by atoms with van der Waals surface area (Å²) in [4.78, 5) is 8.58. The quantitative estimate of drug-likeness (QED) is 0.507. The van der Waals surface area contributed by atoms with Gasteiger partial charge in [-0.3, -0.25) is 0 Å². The van der Waals surface area contributed by atoms with Gasteiger partial charge in [-0.05, 0) is 22.4 Å². The van der Waals surface area contributed by atoms with Gasteiger partial charge in [0.25, 0.3) is 0 Å². The first-order chi connectivity index (χ1) is 7.26.